The van der Waals surface area contributed by atoms with E-state index in [1.54, 1.807) is 13.8 Å². The molecule has 2 N–H and O–H groups in total. The monoisotopic (exact) mass is 430 g/mol. The number of carbonyl (C=O) groups is 1. The number of hydrogen-bond donors (Lipinski definition) is 1. The van der Waals surface area contributed by atoms with Crippen molar-refractivity contribution in [3.8, 4) is 11.5 Å². The summed E-state index contributed by atoms with van der Waals surface area (Å²) in [6.07, 6.45) is 0.764. The fraction of sp³-hybridized carbons (Fsp3) is 0.296. The molecule has 4 rings (SSSR count). The predicted molar refractivity (Wildman–Crippen MR) is 125 cm³/mol. The molecule has 0 bridgehead atoms. The third kappa shape index (κ3) is 5.11. The number of ether oxygens (including phenoxy) is 2. The number of fused-ring (bicyclic) bond motifs is 1. The van der Waals surface area contributed by atoms with Gasteiger partial charge in [0.2, 0.25) is 0 Å². The zero-order valence-electron chi connectivity index (χ0n) is 18.7. The van der Waals surface area contributed by atoms with Gasteiger partial charge in [-0.25, -0.2) is 0 Å². The van der Waals surface area contributed by atoms with Gasteiger partial charge in [0.25, 0.3) is 5.91 Å². The first-order valence-electron chi connectivity index (χ1n) is 11.0. The maximum atomic E-state index is 11.8. The van der Waals surface area contributed by atoms with Crippen LogP contribution in [0.4, 0.5) is 0 Å². The molecule has 1 heterocycles. The van der Waals surface area contributed by atoms with Crippen molar-refractivity contribution in [2.45, 2.75) is 45.0 Å². The zero-order valence-corrected chi connectivity index (χ0v) is 18.7. The van der Waals surface area contributed by atoms with Crippen molar-refractivity contribution in [3.63, 3.8) is 0 Å². The first kappa shape index (κ1) is 21.9. The van der Waals surface area contributed by atoms with E-state index in [9.17, 15) is 4.79 Å². The average Bonchev–Trinajstić information content (AvgIpc) is 2.80. The molecule has 0 spiro atoms. The van der Waals surface area contributed by atoms with Crippen LogP contribution < -0.4 is 15.2 Å². The molecule has 1 aliphatic rings. The Morgan fingerprint density at radius 2 is 1.56 bits per heavy atom. The molecule has 3 aromatic rings. The number of nitrogens with two attached hydrogens (primary N) is 1. The van der Waals surface area contributed by atoms with Crippen LogP contribution in [0.2, 0.25) is 0 Å². The molecule has 3 aromatic carbocycles. The molecular formula is C27H30N2O3. The second kappa shape index (κ2) is 9.45. The van der Waals surface area contributed by atoms with E-state index in [1.165, 1.54) is 11.1 Å². The topological polar surface area (TPSA) is 64.8 Å². The number of hydrogen-bond acceptors (Lipinski definition) is 4. The highest BCUT2D eigenvalue weighted by molar-refractivity contribution is 5.83. The predicted octanol–water partition coefficient (Wildman–Crippen LogP) is 4.34. The molecule has 0 aliphatic carbocycles. The lowest BCUT2D eigenvalue weighted by molar-refractivity contribution is -0.130. The van der Waals surface area contributed by atoms with Crippen LogP contribution in [-0.2, 0) is 24.3 Å². The van der Waals surface area contributed by atoms with Gasteiger partial charge >= 0.3 is 0 Å². The number of primary amides is 1. The van der Waals surface area contributed by atoms with Crippen LogP contribution in [0.1, 0.15) is 30.5 Å². The molecule has 166 valence electrons. The summed E-state index contributed by atoms with van der Waals surface area (Å²) >= 11 is 0. The Balaban J connectivity index is 1.61. The van der Waals surface area contributed by atoms with E-state index in [1.807, 2.05) is 30.3 Å². The Morgan fingerprint density at radius 3 is 2.12 bits per heavy atom. The quantitative estimate of drug-likeness (QED) is 0.578. The van der Waals surface area contributed by atoms with Crippen molar-refractivity contribution >= 4 is 5.91 Å². The molecule has 0 aromatic heterocycles. The Bertz CT molecular complexity index is 1010. The van der Waals surface area contributed by atoms with Gasteiger partial charge in [0.05, 0.1) is 0 Å². The average molecular weight is 431 g/mol. The number of rotatable bonds is 8. The van der Waals surface area contributed by atoms with E-state index in [0.29, 0.717) is 12.4 Å². The van der Waals surface area contributed by atoms with Crippen LogP contribution in [0.15, 0.2) is 78.9 Å². The molecule has 0 saturated heterocycles. The molecule has 1 aliphatic heterocycles. The van der Waals surface area contributed by atoms with Gasteiger partial charge in [-0.2, -0.15) is 0 Å². The number of amides is 1. The van der Waals surface area contributed by atoms with Crippen molar-refractivity contribution in [3.05, 3.63) is 95.6 Å². The third-order valence-electron chi connectivity index (χ3n) is 5.89. The second-order valence-corrected chi connectivity index (χ2v) is 8.75. The van der Waals surface area contributed by atoms with Gasteiger partial charge in [0, 0.05) is 24.7 Å². The van der Waals surface area contributed by atoms with Crippen molar-refractivity contribution < 1.29 is 14.3 Å². The molecule has 1 amide bonds. The highest BCUT2D eigenvalue weighted by Crippen LogP contribution is 2.36. The zero-order chi connectivity index (χ0) is 22.6. The van der Waals surface area contributed by atoms with Crippen LogP contribution >= 0.6 is 0 Å². The Kier molecular flexibility index (Phi) is 6.47. The molecule has 0 unspecified atom stereocenters. The normalized spacial score (nSPS) is 15.7. The lowest BCUT2D eigenvalue weighted by Crippen LogP contribution is -2.45. The summed E-state index contributed by atoms with van der Waals surface area (Å²) in [7, 11) is 0. The van der Waals surface area contributed by atoms with E-state index < -0.39 is 11.5 Å². The smallest absolute Gasteiger partial charge is 0.261 e. The summed E-state index contributed by atoms with van der Waals surface area (Å²) in [5.74, 6) is 0.951. The summed E-state index contributed by atoms with van der Waals surface area (Å²) < 4.78 is 12.2. The number of carbonyl (C=O) groups excluding carboxylic acids is 1. The molecule has 0 saturated carbocycles. The molecule has 0 radical (unpaired) electrons. The largest absolute Gasteiger partial charge is 0.492 e. The Hall–Kier alpha value is -3.31. The summed E-state index contributed by atoms with van der Waals surface area (Å²) in [6, 6.07) is 26.8. The molecule has 5 nitrogen and oxygen atoms in total. The minimum atomic E-state index is -1.10. The minimum absolute atomic E-state index is 0.157. The van der Waals surface area contributed by atoms with E-state index in [0.717, 1.165) is 30.8 Å². The van der Waals surface area contributed by atoms with Crippen LogP contribution in [0.5, 0.6) is 11.5 Å². The lowest BCUT2D eigenvalue weighted by atomic mass is 9.98. The van der Waals surface area contributed by atoms with E-state index >= 15 is 0 Å². The SMILES string of the molecule is CC(C)(Oc1cccc2c1C[C@H](N(Cc1ccccc1)Cc1ccccc1)CO2)C(N)=O. The summed E-state index contributed by atoms with van der Waals surface area (Å²) in [5.41, 5.74) is 7.93. The highest BCUT2D eigenvalue weighted by Gasteiger charge is 2.32. The number of nitrogens with zero attached hydrogens (tertiary/aromatic N) is 1. The first-order valence-corrected chi connectivity index (χ1v) is 11.0. The van der Waals surface area contributed by atoms with Gasteiger partial charge in [-0.1, -0.05) is 66.7 Å². The molecule has 0 fully saturated rings. The molecule has 5 heteroatoms. The fourth-order valence-corrected chi connectivity index (χ4v) is 3.97. The van der Waals surface area contributed by atoms with Crippen molar-refractivity contribution in [1.82, 2.24) is 4.90 Å². The fourth-order valence-electron chi connectivity index (χ4n) is 3.97. The summed E-state index contributed by atoms with van der Waals surface area (Å²) in [6.45, 7) is 5.60. The number of benzene rings is 3. The van der Waals surface area contributed by atoms with Crippen LogP contribution in [0, 0.1) is 0 Å². The summed E-state index contributed by atoms with van der Waals surface area (Å²) in [5, 5.41) is 0. The van der Waals surface area contributed by atoms with Crippen molar-refractivity contribution in [1.29, 1.82) is 0 Å². The van der Waals surface area contributed by atoms with Gasteiger partial charge in [-0.3, -0.25) is 9.69 Å². The van der Waals surface area contributed by atoms with Gasteiger partial charge < -0.3 is 15.2 Å². The minimum Gasteiger partial charge on any atom is -0.492 e. The summed E-state index contributed by atoms with van der Waals surface area (Å²) in [4.78, 5) is 14.3. The Labute approximate surface area is 189 Å². The molecule has 1 atom stereocenters. The lowest BCUT2D eigenvalue weighted by Gasteiger charge is -2.36. The van der Waals surface area contributed by atoms with Gasteiger partial charge in [-0.15, -0.1) is 0 Å². The molecule has 32 heavy (non-hydrogen) atoms. The van der Waals surface area contributed by atoms with E-state index in [2.05, 4.69) is 53.4 Å². The van der Waals surface area contributed by atoms with Gasteiger partial charge in [0.1, 0.15) is 18.1 Å². The van der Waals surface area contributed by atoms with Crippen molar-refractivity contribution in [2.75, 3.05) is 6.61 Å². The first-order chi connectivity index (χ1) is 15.4. The van der Waals surface area contributed by atoms with E-state index in [4.69, 9.17) is 15.2 Å². The Morgan fingerprint density at radius 1 is 0.969 bits per heavy atom. The van der Waals surface area contributed by atoms with Gasteiger partial charge in [-0.05, 0) is 43.5 Å². The van der Waals surface area contributed by atoms with Crippen LogP contribution in [0.3, 0.4) is 0 Å². The maximum absolute atomic E-state index is 11.8. The standard InChI is InChI=1S/C27H30N2O3/c1-27(2,26(28)30)32-25-15-9-14-24-23(25)16-22(19-31-24)29(17-20-10-5-3-6-11-20)18-21-12-7-4-8-13-21/h3-15,22H,16-19H2,1-2H3,(H2,28,30)/t22-/m0/s1. The van der Waals surface area contributed by atoms with Gasteiger partial charge in [0.15, 0.2) is 5.60 Å². The third-order valence-corrected chi connectivity index (χ3v) is 5.89. The highest BCUT2D eigenvalue weighted by atomic mass is 16.5. The molecular weight excluding hydrogens is 400 g/mol. The van der Waals surface area contributed by atoms with Crippen LogP contribution in [-0.4, -0.2) is 29.1 Å². The van der Waals surface area contributed by atoms with Crippen LogP contribution in [0.25, 0.3) is 0 Å². The van der Waals surface area contributed by atoms with Crippen molar-refractivity contribution in [2.24, 2.45) is 5.73 Å². The second-order valence-electron chi connectivity index (χ2n) is 8.75. The van der Waals surface area contributed by atoms with E-state index in [-0.39, 0.29) is 6.04 Å². The maximum Gasteiger partial charge on any atom is 0.261 e.